The molecule has 0 spiro atoms. The topological polar surface area (TPSA) is 46.5 Å². The van der Waals surface area contributed by atoms with Crippen molar-refractivity contribution in [3.05, 3.63) is 53.6 Å². The maximum Gasteiger partial charge on any atom is 0.335 e. The number of carboxylic acids is 1. The molecule has 0 aromatic heterocycles. The normalized spacial score (nSPS) is 10.1. The fourth-order valence-electron chi connectivity index (χ4n) is 1.80. The predicted octanol–water partition coefficient (Wildman–Crippen LogP) is 3.37. The quantitative estimate of drug-likeness (QED) is 0.897. The molecule has 0 amide bonds. The maximum atomic E-state index is 10.8. The minimum Gasteiger partial charge on any atom is -0.496 e. The number of ether oxygens (including phenoxy) is 1. The highest BCUT2D eigenvalue weighted by molar-refractivity contribution is 5.88. The Kier molecular flexibility index (Phi) is 3.33. The van der Waals surface area contributed by atoms with Crippen molar-refractivity contribution in [1.29, 1.82) is 0 Å². The maximum absolute atomic E-state index is 10.8. The monoisotopic (exact) mass is 242 g/mol. The van der Waals surface area contributed by atoms with E-state index < -0.39 is 5.97 Å². The van der Waals surface area contributed by atoms with Gasteiger partial charge in [-0.2, -0.15) is 0 Å². The van der Waals surface area contributed by atoms with Gasteiger partial charge in [0.1, 0.15) is 5.75 Å². The lowest BCUT2D eigenvalue weighted by atomic mass is 10.0. The van der Waals surface area contributed by atoms with Crippen molar-refractivity contribution in [1.82, 2.24) is 0 Å². The smallest absolute Gasteiger partial charge is 0.335 e. The van der Waals surface area contributed by atoms with Gasteiger partial charge in [0.25, 0.3) is 0 Å². The molecule has 0 bridgehead atoms. The Morgan fingerprint density at radius 1 is 1.06 bits per heavy atom. The Morgan fingerprint density at radius 2 is 1.67 bits per heavy atom. The zero-order chi connectivity index (χ0) is 13.1. The van der Waals surface area contributed by atoms with E-state index in [-0.39, 0.29) is 5.56 Å². The van der Waals surface area contributed by atoms with Gasteiger partial charge in [-0.05, 0) is 41.8 Å². The minimum atomic E-state index is -0.914. The highest BCUT2D eigenvalue weighted by Crippen LogP contribution is 2.26. The molecule has 0 unspecified atom stereocenters. The molecule has 0 saturated heterocycles. The molecule has 0 atom stereocenters. The number of carboxylic acid groups (broad SMARTS) is 1. The molecule has 0 saturated carbocycles. The van der Waals surface area contributed by atoms with Gasteiger partial charge in [-0.25, -0.2) is 4.79 Å². The molecule has 0 heterocycles. The fourth-order valence-corrected chi connectivity index (χ4v) is 1.80. The van der Waals surface area contributed by atoms with E-state index in [0.717, 1.165) is 22.4 Å². The molecular formula is C15H14O3. The standard InChI is InChI=1S/C15H14O3/c1-10-3-4-13(9-14(10)18-2)11-5-7-12(8-6-11)15(16)17/h3-9H,1-2H3,(H,16,17). The molecule has 3 nitrogen and oxygen atoms in total. The predicted molar refractivity (Wildman–Crippen MR) is 70.1 cm³/mol. The molecule has 92 valence electrons. The Hall–Kier alpha value is -2.29. The molecule has 3 heteroatoms. The van der Waals surface area contributed by atoms with Gasteiger partial charge in [-0.3, -0.25) is 0 Å². The number of hydrogen-bond donors (Lipinski definition) is 1. The second-order valence-electron chi connectivity index (χ2n) is 4.07. The van der Waals surface area contributed by atoms with Crippen LogP contribution in [-0.2, 0) is 0 Å². The third-order valence-corrected chi connectivity index (χ3v) is 2.87. The first kappa shape index (κ1) is 12.2. The third kappa shape index (κ3) is 2.35. The molecule has 2 rings (SSSR count). The lowest BCUT2D eigenvalue weighted by molar-refractivity contribution is 0.0697. The molecule has 1 N–H and O–H groups in total. The van der Waals surface area contributed by atoms with Gasteiger partial charge in [0.2, 0.25) is 0 Å². The SMILES string of the molecule is COc1cc(-c2ccc(C(=O)O)cc2)ccc1C. The highest BCUT2D eigenvalue weighted by Gasteiger charge is 2.05. The molecule has 0 aliphatic carbocycles. The lowest BCUT2D eigenvalue weighted by Crippen LogP contribution is -1.95. The summed E-state index contributed by atoms with van der Waals surface area (Å²) in [5, 5.41) is 8.84. The minimum absolute atomic E-state index is 0.290. The summed E-state index contributed by atoms with van der Waals surface area (Å²) in [5.74, 6) is -0.0853. The van der Waals surface area contributed by atoms with E-state index in [1.54, 1.807) is 31.4 Å². The summed E-state index contributed by atoms with van der Waals surface area (Å²) in [7, 11) is 1.64. The van der Waals surface area contributed by atoms with Crippen LogP contribution in [0.4, 0.5) is 0 Å². The number of rotatable bonds is 3. The van der Waals surface area contributed by atoms with Crippen LogP contribution in [0.2, 0.25) is 0 Å². The van der Waals surface area contributed by atoms with Crippen molar-refractivity contribution < 1.29 is 14.6 Å². The van der Waals surface area contributed by atoms with Gasteiger partial charge in [0.05, 0.1) is 12.7 Å². The first-order valence-electron chi connectivity index (χ1n) is 5.60. The Balaban J connectivity index is 2.39. The van der Waals surface area contributed by atoms with Gasteiger partial charge in [-0.1, -0.05) is 24.3 Å². The van der Waals surface area contributed by atoms with E-state index in [4.69, 9.17) is 9.84 Å². The lowest BCUT2D eigenvalue weighted by Gasteiger charge is -2.08. The van der Waals surface area contributed by atoms with Gasteiger partial charge in [0.15, 0.2) is 0 Å². The molecule has 0 aliphatic heterocycles. The van der Waals surface area contributed by atoms with Crippen molar-refractivity contribution in [2.24, 2.45) is 0 Å². The van der Waals surface area contributed by atoms with Crippen molar-refractivity contribution in [3.8, 4) is 16.9 Å². The summed E-state index contributed by atoms with van der Waals surface area (Å²) in [6.07, 6.45) is 0. The van der Waals surface area contributed by atoms with Crippen LogP contribution in [-0.4, -0.2) is 18.2 Å². The number of aryl methyl sites for hydroxylation is 1. The van der Waals surface area contributed by atoms with Crippen LogP contribution in [0.1, 0.15) is 15.9 Å². The van der Waals surface area contributed by atoms with E-state index in [0.29, 0.717) is 0 Å². The largest absolute Gasteiger partial charge is 0.496 e. The van der Waals surface area contributed by atoms with Crippen molar-refractivity contribution in [2.45, 2.75) is 6.92 Å². The molecule has 0 fully saturated rings. The van der Waals surface area contributed by atoms with Crippen LogP contribution < -0.4 is 4.74 Å². The second kappa shape index (κ2) is 4.92. The molecule has 2 aromatic rings. The molecule has 18 heavy (non-hydrogen) atoms. The average molecular weight is 242 g/mol. The third-order valence-electron chi connectivity index (χ3n) is 2.87. The number of carbonyl (C=O) groups is 1. The van der Waals surface area contributed by atoms with Crippen LogP contribution in [0.25, 0.3) is 11.1 Å². The number of aromatic carboxylic acids is 1. The number of benzene rings is 2. The van der Waals surface area contributed by atoms with Crippen LogP contribution >= 0.6 is 0 Å². The van der Waals surface area contributed by atoms with Crippen molar-refractivity contribution in [3.63, 3.8) is 0 Å². The number of methoxy groups -OCH3 is 1. The van der Waals surface area contributed by atoms with Gasteiger partial charge in [0, 0.05) is 0 Å². The summed E-state index contributed by atoms with van der Waals surface area (Å²) in [6.45, 7) is 1.98. The van der Waals surface area contributed by atoms with Crippen LogP contribution in [0.3, 0.4) is 0 Å². The van der Waals surface area contributed by atoms with Crippen LogP contribution in [0, 0.1) is 6.92 Å². The summed E-state index contributed by atoms with van der Waals surface area (Å²) in [6, 6.07) is 12.7. The van der Waals surface area contributed by atoms with E-state index >= 15 is 0 Å². The summed E-state index contributed by atoms with van der Waals surface area (Å²) < 4.78 is 5.27. The molecule has 0 aliphatic rings. The molecular weight excluding hydrogens is 228 g/mol. The zero-order valence-electron chi connectivity index (χ0n) is 10.3. The van der Waals surface area contributed by atoms with E-state index in [9.17, 15) is 4.79 Å². The molecule has 0 radical (unpaired) electrons. The first-order valence-corrected chi connectivity index (χ1v) is 5.60. The Labute approximate surface area is 106 Å². The Bertz CT molecular complexity index is 571. The highest BCUT2D eigenvalue weighted by atomic mass is 16.5. The van der Waals surface area contributed by atoms with Crippen LogP contribution in [0.5, 0.6) is 5.75 Å². The summed E-state index contributed by atoms with van der Waals surface area (Å²) in [4.78, 5) is 10.8. The molecule has 2 aromatic carbocycles. The fraction of sp³-hybridized carbons (Fsp3) is 0.133. The van der Waals surface area contributed by atoms with Crippen LogP contribution in [0.15, 0.2) is 42.5 Å². The second-order valence-corrected chi connectivity index (χ2v) is 4.07. The zero-order valence-corrected chi connectivity index (χ0v) is 10.3. The average Bonchev–Trinajstić information content (AvgIpc) is 2.39. The number of hydrogen-bond acceptors (Lipinski definition) is 2. The van der Waals surface area contributed by atoms with E-state index in [2.05, 4.69) is 0 Å². The Morgan fingerprint density at radius 3 is 2.22 bits per heavy atom. The van der Waals surface area contributed by atoms with Crippen molar-refractivity contribution >= 4 is 5.97 Å². The summed E-state index contributed by atoms with van der Waals surface area (Å²) in [5.41, 5.74) is 3.34. The van der Waals surface area contributed by atoms with E-state index in [1.165, 1.54) is 0 Å². The van der Waals surface area contributed by atoms with Gasteiger partial charge in [-0.15, -0.1) is 0 Å². The summed E-state index contributed by atoms with van der Waals surface area (Å²) >= 11 is 0. The van der Waals surface area contributed by atoms with Gasteiger partial charge >= 0.3 is 5.97 Å². The first-order chi connectivity index (χ1) is 8.61. The van der Waals surface area contributed by atoms with E-state index in [1.807, 2.05) is 25.1 Å². The van der Waals surface area contributed by atoms with Crippen molar-refractivity contribution in [2.75, 3.05) is 7.11 Å². The van der Waals surface area contributed by atoms with Gasteiger partial charge < -0.3 is 9.84 Å².